The lowest BCUT2D eigenvalue weighted by Gasteiger charge is -2.37. The number of carbonyl (C=O) groups is 2. The Kier molecular flexibility index (Phi) is 7.06. The van der Waals surface area contributed by atoms with Crippen molar-refractivity contribution in [2.75, 3.05) is 43.4 Å². The highest BCUT2D eigenvalue weighted by Gasteiger charge is 2.26. The molecule has 0 unspecified atom stereocenters. The van der Waals surface area contributed by atoms with Gasteiger partial charge < -0.3 is 10.6 Å². The summed E-state index contributed by atoms with van der Waals surface area (Å²) in [6.07, 6.45) is 0. The van der Waals surface area contributed by atoms with Gasteiger partial charge in [-0.3, -0.25) is 19.4 Å². The van der Waals surface area contributed by atoms with Crippen LogP contribution in [-0.4, -0.2) is 60.4 Å². The zero-order chi connectivity index (χ0) is 23.4. The summed E-state index contributed by atoms with van der Waals surface area (Å²) in [5, 5.41) is 8.32. The molecular weight excluding hydrogens is 412 g/mol. The topological polar surface area (TPSA) is 64.7 Å². The van der Waals surface area contributed by atoms with Crippen molar-refractivity contribution in [3.05, 3.63) is 71.8 Å². The fraction of sp³-hybridized carbons (Fsp3) is 0.333. The van der Waals surface area contributed by atoms with Crippen LogP contribution in [0.3, 0.4) is 0 Å². The van der Waals surface area contributed by atoms with Crippen molar-refractivity contribution in [3.63, 3.8) is 0 Å². The van der Waals surface area contributed by atoms with Crippen LogP contribution in [-0.2, 0) is 9.59 Å². The fourth-order valence-corrected chi connectivity index (χ4v) is 4.44. The van der Waals surface area contributed by atoms with Gasteiger partial charge in [-0.25, -0.2) is 0 Å². The maximum Gasteiger partial charge on any atom is 0.241 e. The van der Waals surface area contributed by atoms with E-state index in [4.69, 9.17) is 0 Å². The molecule has 172 valence electrons. The molecule has 0 aliphatic carbocycles. The summed E-state index contributed by atoms with van der Waals surface area (Å²) in [6.45, 7) is 9.33. The van der Waals surface area contributed by atoms with Gasteiger partial charge in [0.25, 0.3) is 0 Å². The molecule has 2 N–H and O–H groups in total. The lowest BCUT2D eigenvalue weighted by molar-refractivity contribution is -0.122. The Hall–Kier alpha value is -3.22. The number of aryl methyl sites for hydroxylation is 2. The Morgan fingerprint density at radius 1 is 0.848 bits per heavy atom. The number of rotatable bonds is 6. The molecule has 6 nitrogen and oxygen atoms in total. The Bertz CT molecular complexity index is 1130. The van der Waals surface area contributed by atoms with Crippen molar-refractivity contribution in [1.29, 1.82) is 0 Å². The van der Waals surface area contributed by atoms with E-state index >= 15 is 0 Å². The number of anilines is 2. The third-order valence-electron chi connectivity index (χ3n) is 6.49. The lowest BCUT2D eigenvalue weighted by Crippen LogP contribution is -2.53. The Balaban J connectivity index is 1.29. The maximum absolute atomic E-state index is 13.0. The van der Waals surface area contributed by atoms with Crippen LogP contribution in [0.5, 0.6) is 0 Å². The van der Waals surface area contributed by atoms with Gasteiger partial charge >= 0.3 is 0 Å². The molecule has 0 saturated carbocycles. The van der Waals surface area contributed by atoms with Crippen LogP contribution < -0.4 is 10.6 Å². The number of fused-ring (bicyclic) bond motifs is 1. The monoisotopic (exact) mass is 444 g/mol. The Labute approximate surface area is 195 Å². The first-order valence-electron chi connectivity index (χ1n) is 11.5. The zero-order valence-electron chi connectivity index (χ0n) is 19.6. The minimum absolute atomic E-state index is 0.00240. The van der Waals surface area contributed by atoms with E-state index in [0.717, 1.165) is 59.5 Å². The van der Waals surface area contributed by atoms with E-state index in [1.807, 2.05) is 81.4 Å². The Morgan fingerprint density at radius 2 is 1.48 bits per heavy atom. The van der Waals surface area contributed by atoms with Gasteiger partial charge in [-0.2, -0.15) is 0 Å². The number of benzene rings is 3. The number of carbonyl (C=O) groups excluding carboxylic acids is 2. The highest BCUT2D eigenvalue weighted by Crippen LogP contribution is 2.23. The average molecular weight is 445 g/mol. The third-order valence-corrected chi connectivity index (χ3v) is 6.49. The summed E-state index contributed by atoms with van der Waals surface area (Å²) in [5.41, 5.74) is 3.88. The van der Waals surface area contributed by atoms with Crippen LogP contribution >= 0.6 is 0 Å². The standard InChI is InChI=1S/C27H32N4O2/c1-19-8-6-9-20(2)26(19)29-25(32)18-30-14-16-31(17-15-30)21(3)27(33)28-24-13-7-11-22-10-4-5-12-23(22)24/h4-13,21H,14-18H2,1-3H3,(H,28,33)(H,29,32)/t21-/m1/s1. The number of hydrogen-bond donors (Lipinski definition) is 2. The molecule has 2 amide bonds. The first-order valence-corrected chi connectivity index (χ1v) is 11.5. The second-order valence-corrected chi connectivity index (χ2v) is 8.82. The van der Waals surface area contributed by atoms with Crippen molar-refractivity contribution in [1.82, 2.24) is 9.80 Å². The van der Waals surface area contributed by atoms with Crippen LogP contribution in [0, 0.1) is 13.8 Å². The van der Waals surface area contributed by atoms with Gasteiger partial charge in [-0.05, 0) is 43.4 Å². The van der Waals surface area contributed by atoms with Gasteiger partial charge in [0.15, 0.2) is 0 Å². The molecule has 0 bridgehead atoms. The van der Waals surface area contributed by atoms with Gasteiger partial charge in [-0.1, -0.05) is 54.6 Å². The SMILES string of the molecule is Cc1cccc(C)c1NC(=O)CN1CCN([C@H](C)C(=O)Nc2cccc3ccccc23)CC1. The number of hydrogen-bond acceptors (Lipinski definition) is 4. The van der Waals surface area contributed by atoms with Crippen molar-refractivity contribution in [2.24, 2.45) is 0 Å². The molecule has 4 rings (SSSR count). The molecule has 33 heavy (non-hydrogen) atoms. The van der Waals surface area contributed by atoms with Crippen molar-refractivity contribution < 1.29 is 9.59 Å². The van der Waals surface area contributed by atoms with Gasteiger partial charge in [0.1, 0.15) is 0 Å². The molecule has 0 radical (unpaired) electrons. The first kappa shape index (κ1) is 23.0. The van der Waals surface area contributed by atoms with Gasteiger partial charge in [0.2, 0.25) is 11.8 Å². The first-order chi connectivity index (χ1) is 15.9. The van der Waals surface area contributed by atoms with Gasteiger partial charge in [0, 0.05) is 42.9 Å². The summed E-state index contributed by atoms with van der Waals surface area (Å²) in [4.78, 5) is 29.9. The number of amides is 2. The minimum Gasteiger partial charge on any atom is -0.324 e. The largest absolute Gasteiger partial charge is 0.324 e. The molecule has 0 aromatic heterocycles. The van der Waals surface area contributed by atoms with Crippen LogP contribution in [0.2, 0.25) is 0 Å². The van der Waals surface area contributed by atoms with E-state index in [9.17, 15) is 9.59 Å². The lowest BCUT2D eigenvalue weighted by atomic mass is 10.1. The summed E-state index contributed by atoms with van der Waals surface area (Å²) < 4.78 is 0. The van der Waals surface area contributed by atoms with Crippen molar-refractivity contribution in [2.45, 2.75) is 26.8 Å². The summed E-state index contributed by atoms with van der Waals surface area (Å²) in [7, 11) is 0. The summed E-state index contributed by atoms with van der Waals surface area (Å²) >= 11 is 0. The molecule has 0 spiro atoms. The third kappa shape index (κ3) is 5.41. The van der Waals surface area contributed by atoms with Crippen LogP contribution in [0.15, 0.2) is 60.7 Å². The van der Waals surface area contributed by atoms with Crippen molar-refractivity contribution >= 4 is 34.0 Å². The second kappa shape index (κ2) is 10.1. The van der Waals surface area contributed by atoms with E-state index in [-0.39, 0.29) is 17.9 Å². The normalized spacial score (nSPS) is 15.8. The molecule has 3 aromatic rings. The molecular formula is C27H32N4O2. The second-order valence-electron chi connectivity index (χ2n) is 8.82. The van der Waals surface area contributed by atoms with E-state index in [2.05, 4.69) is 20.4 Å². The van der Waals surface area contributed by atoms with Crippen molar-refractivity contribution in [3.8, 4) is 0 Å². The molecule has 1 aliphatic heterocycles. The highest BCUT2D eigenvalue weighted by molar-refractivity contribution is 6.03. The number of para-hydroxylation sites is 1. The fourth-order valence-electron chi connectivity index (χ4n) is 4.44. The smallest absolute Gasteiger partial charge is 0.241 e. The van der Waals surface area contributed by atoms with E-state index in [0.29, 0.717) is 6.54 Å². The molecule has 3 aromatic carbocycles. The molecule has 1 atom stereocenters. The highest BCUT2D eigenvalue weighted by atomic mass is 16.2. The molecule has 6 heteroatoms. The van der Waals surface area contributed by atoms with E-state index < -0.39 is 0 Å². The van der Waals surface area contributed by atoms with E-state index in [1.54, 1.807) is 0 Å². The maximum atomic E-state index is 13.0. The molecule has 1 fully saturated rings. The Morgan fingerprint density at radius 3 is 2.21 bits per heavy atom. The van der Waals surface area contributed by atoms with Crippen LogP contribution in [0.4, 0.5) is 11.4 Å². The number of nitrogens with one attached hydrogen (secondary N) is 2. The number of nitrogens with zero attached hydrogens (tertiary/aromatic N) is 2. The minimum atomic E-state index is -0.241. The zero-order valence-corrected chi connectivity index (χ0v) is 19.6. The predicted molar refractivity (Wildman–Crippen MR) is 135 cm³/mol. The van der Waals surface area contributed by atoms with Crippen LogP contribution in [0.25, 0.3) is 10.8 Å². The molecule has 1 saturated heterocycles. The summed E-state index contributed by atoms with van der Waals surface area (Å²) in [5.74, 6) is -0.00447. The number of piperazine rings is 1. The van der Waals surface area contributed by atoms with Crippen LogP contribution in [0.1, 0.15) is 18.1 Å². The summed E-state index contributed by atoms with van der Waals surface area (Å²) in [6, 6.07) is 19.8. The molecule has 1 aliphatic rings. The predicted octanol–water partition coefficient (Wildman–Crippen LogP) is 4.04. The quantitative estimate of drug-likeness (QED) is 0.602. The van der Waals surface area contributed by atoms with Gasteiger partial charge in [-0.15, -0.1) is 0 Å². The average Bonchev–Trinajstić information content (AvgIpc) is 2.82. The van der Waals surface area contributed by atoms with Gasteiger partial charge in [0.05, 0.1) is 12.6 Å². The van der Waals surface area contributed by atoms with E-state index in [1.165, 1.54) is 0 Å². The molecule has 1 heterocycles.